The summed E-state index contributed by atoms with van der Waals surface area (Å²) in [6.45, 7) is 3.56. The third-order valence-electron chi connectivity index (χ3n) is 5.18. The molecule has 0 amide bonds. The summed E-state index contributed by atoms with van der Waals surface area (Å²) in [7, 11) is 0. The molecule has 0 aliphatic heterocycles. The molecule has 1 heterocycles. The molecular weight excluding hydrogens is 385 g/mol. The molecule has 1 aromatic heterocycles. The number of benzene rings is 1. The van der Waals surface area contributed by atoms with Crippen LogP contribution in [0.15, 0.2) is 24.3 Å². The van der Waals surface area contributed by atoms with Crippen molar-refractivity contribution in [1.82, 2.24) is 4.57 Å². The summed E-state index contributed by atoms with van der Waals surface area (Å²) in [5, 5.41) is 0.935. The van der Waals surface area contributed by atoms with Crippen LogP contribution in [-0.2, 0) is 9.53 Å². The molecule has 2 aromatic rings. The third-order valence-corrected chi connectivity index (χ3v) is 5.92. The lowest BCUT2D eigenvalue weighted by Crippen LogP contribution is -2.23. The summed E-state index contributed by atoms with van der Waals surface area (Å²) in [5.74, 6) is -0.505. The van der Waals surface area contributed by atoms with Crippen LogP contribution in [0.5, 0.6) is 0 Å². The Morgan fingerprint density at radius 2 is 1.78 bits per heavy atom. The number of carbonyl (C=O) groups is 2. The number of ether oxygens (including phenoxy) is 1. The highest BCUT2D eigenvalue weighted by Gasteiger charge is 2.24. The van der Waals surface area contributed by atoms with Gasteiger partial charge in [0.25, 0.3) is 0 Å². The standard InChI is InChI=1S/C21H23Cl2NO3/c1-13-10-17(14(2)24(13)16-8-9-18(22)19(23)11-16)20(25)12-27-21(26)15-6-4-3-5-7-15/h8-11,15H,3-7,12H2,1-2H3. The van der Waals surface area contributed by atoms with Gasteiger partial charge in [-0.05, 0) is 51.0 Å². The first kappa shape index (κ1) is 20.0. The van der Waals surface area contributed by atoms with Crippen LogP contribution in [0.2, 0.25) is 10.0 Å². The monoisotopic (exact) mass is 407 g/mol. The number of nitrogens with zero attached hydrogens (tertiary/aromatic N) is 1. The molecule has 1 aliphatic rings. The molecule has 144 valence electrons. The van der Waals surface area contributed by atoms with Crippen LogP contribution in [0.25, 0.3) is 5.69 Å². The van der Waals surface area contributed by atoms with Crippen molar-refractivity contribution >= 4 is 35.0 Å². The highest BCUT2D eigenvalue weighted by atomic mass is 35.5. The molecular formula is C21H23Cl2NO3. The van der Waals surface area contributed by atoms with Gasteiger partial charge in [-0.1, -0.05) is 42.5 Å². The Morgan fingerprint density at radius 1 is 1.07 bits per heavy atom. The first-order chi connectivity index (χ1) is 12.9. The quantitative estimate of drug-likeness (QED) is 0.471. The lowest BCUT2D eigenvalue weighted by Gasteiger charge is -2.19. The van der Waals surface area contributed by atoms with E-state index in [1.165, 1.54) is 6.42 Å². The summed E-state index contributed by atoms with van der Waals surface area (Å²) in [5.41, 5.74) is 3.06. The fourth-order valence-corrected chi connectivity index (χ4v) is 4.03. The predicted molar refractivity (Wildman–Crippen MR) is 107 cm³/mol. The van der Waals surface area contributed by atoms with Gasteiger partial charge in [0.05, 0.1) is 16.0 Å². The molecule has 0 saturated heterocycles. The van der Waals surface area contributed by atoms with Gasteiger partial charge in [0.2, 0.25) is 5.78 Å². The van der Waals surface area contributed by atoms with E-state index in [9.17, 15) is 9.59 Å². The number of aromatic nitrogens is 1. The van der Waals surface area contributed by atoms with E-state index >= 15 is 0 Å². The normalized spacial score (nSPS) is 15.0. The van der Waals surface area contributed by atoms with Crippen molar-refractivity contribution in [3.8, 4) is 5.69 Å². The SMILES string of the molecule is Cc1cc(C(=O)COC(=O)C2CCCCC2)c(C)n1-c1ccc(Cl)c(Cl)c1. The molecule has 0 atom stereocenters. The second-order valence-corrected chi connectivity index (χ2v) is 7.90. The average Bonchev–Trinajstić information content (AvgIpc) is 2.97. The number of hydrogen-bond donors (Lipinski definition) is 0. The van der Waals surface area contributed by atoms with E-state index in [0.29, 0.717) is 15.6 Å². The molecule has 4 nitrogen and oxygen atoms in total. The highest BCUT2D eigenvalue weighted by molar-refractivity contribution is 6.42. The molecule has 0 spiro atoms. The maximum atomic E-state index is 12.6. The third kappa shape index (κ3) is 4.39. The Balaban J connectivity index is 1.74. The highest BCUT2D eigenvalue weighted by Crippen LogP contribution is 2.28. The fraction of sp³-hybridized carbons (Fsp3) is 0.429. The molecule has 1 aromatic carbocycles. The van der Waals surface area contributed by atoms with Crippen LogP contribution in [0.3, 0.4) is 0 Å². The first-order valence-electron chi connectivity index (χ1n) is 9.22. The smallest absolute Gasteiger partial charge is 0.309 e. The van der Waals surface area contributed by atoms with E-state index in [1.54, 1.807) is 12.1 Å². The zero-order valence-electron chi connectivity index (χ0n) is 15.6. The Kier molecular flexibility index (Phi) is 6.28. The summed E-state index contributed by atoms with van der Waals surface area (Å²) >= 11 is 12.1. The van der Waals surface area contributed by atoms with Crippen molar-refractivity contribution in [2.24, 2.45) is 5.92 Å². The molecule has 1 saturated carbocycles. The Bertz CT molecular complexity index is 867. The minimum atomic E-state index is -0.249. The van der Waals surface area contributed by atoms with Crippen LogP contribution >= 0.6 is 23.2 Å². The minimum absolute atomic E-state index is 0.0600. The maximum absolute atomic E-state index is 12.6. The van der Waals surface area contributed by atoms with Crippen molar-refractivity contribution < 1.29 is 14.3 Å². The Morgan fingerprint density at radius 3 is 2.44 bits per heavy atom. The van der Waals surface area contributed by atoms with E-state index in [0.717, 1.165) is 42.8 Å². The topological polar surface area (TPSA) is 48.3 Å². The van der Waals surface area contributed by atoms with Gasteiger partial charge in [0, 0.05) is 22.6 Å². The van der Waals surface area contributed by atoms with Gasteiger partial charge < -0.3 is 9.30 Å². The van der Waals surface area contributed by atoms with Crippen molar-refractivity contribution in [1.29, 1.82) is 0 Å². The van der Waals surface area contributed by atoms with Crippen LogP contribution in [0, 0.1) is 19.8 Å². The van der Waals surface area contributed by atoms with Crippen LogP contribution in [0.1, 0.15) is 53.8 Å². The van der Waals surface area contributed by atoms with Gasteiger partial charge >= 0.3 is 5.97 Å². The summed E-state index contributed by atoms with van der Waals surface area (Å²) in [6.07, 6.45) is 5.00. The number of Topliss-reactive ketones (excluding diaryl/α,β-unsaturated/α-hetero) is 1. The van der Waals surface area contributed by atoms with E-state index in [2.05, 4.69) is 0 Å². The van der Waals surface area contributed by atoms with Gasteiger partial charge in [0.1, 0.15) is 0 Å². The van der Waals surface area contributed by atoms with Crippen molar-refractivity contribution in [3.05, 3.63) is 51.3 Å². The number of carbonyl (C=O) groups excluding carboxylic acids is 2. The van der Waals surface area contributed by atoms with Crippen LogP contribution < -0.4 is 0 Å². The van der Waals surface area contributed by atoms with Crippen molar-refractivity contribution in [3.63, 3.8) is 0 Å². The number of hydrogen-bond acceptors (Lipinski definition) is 3. The number of rotatable bonds is 5. The second-order valence-electron chi connectivity index (χ2n) is 7.08. The molecule has 1 aliphatic carbocycles. The number of aryl methyl sites for hydroxylation is 1. The molecule has 0 radical (unpaired) electrons. The largest absolute Gasteiger partial charge is 0.457 e. The summed E-state index contributed by atoms with van der Waals surface area (Å²) in [4.78, 5) is 24.8. The van der Waals surface area contributed by atoms with Crippen molar-refractivity contribution in [2.75, 3.05) is 6.61 Å². The van der Waals surface area contributed by atoms with Gasteiger partial charge in [-0.15, -0.1) is 0 Å². The molecule has 1 fully saturated rings. The molecule has 0 N–H and O–H groups in total. The Labute approximate surface area is 169 Å². The molecule has 0 unspecified atom stereocenters. The van der Waals surface area contributed by atoms with Gasteiger partial charge in [0.15, 0.2) is 6.61 Å². The lowest BCUT2D eigenvalue weighted by molar-refractivity contribution is -0.148. The Hall–Kier alpha value is -1.78. The lowest BCUT2D eigenvalue weighted by atomic mass is 9.89. The molecule has 6 heteroatoms. The zero-order valence-corrected chi connectivity index (χ0v) is 17.1. The number of ketones is 1. The number of esters is 1. The van der Waals surface area contributed by atoms with Gasteiger partial charge in [-0.25, -0.2) is 0 Å². The minimum Gasteiger partial charge on any atom is -0.457 e. The number of halogens is 2. The summed E-state index contributed by atoms with van der Waals surface area (Å²) in [6, 6.07) is 7.16. The summed E-state index contributed by atoms with van der Waals surface area (Å²) < 4.78 is 7.25. The second kappa shape index (κ2) is 8.49. The van der Waals surface area contributed by atoms with Gasteiger partial charge in [-0.3, -0.25) is 9.59 Å². The van der Waals surface area contributed by atoms with E-state index in [1.807, 2.05) is 30.5 Å². The van der Waals surface area contributed by atoms with Crippen LogP contribution in [-0.4, -0.2) is 22.9 Å². The zero-order chi connectivity index (χ0) is 19.6. The van der Waals surface area contributed by atoms with Crippen molar-refractivity contribution in [2.45, 2.75) is 46.0 Å². The first-order valence-corrected chi connectivity index (χ1v) is 9.98. The average molecular weight is 408 g/mol. The van der Waals surface area contributed by atoms with Crippen LogP contribution in [0.4, 0.5) is 0 Å². The van der Waals surface area contributed by atoms with Gasteiger partial charge in [-0.2, -0.15) is 0 Å². The van der Waals surface area contributed by atoms with E-state index in [4.69, 9.17) is 27.9 Å². The molecule has 0 bridgehead atoms. The fourth-order valence-electron chi connectivity index (χ4n) is 3.74. The van der Waals surface area contributed by atoms with E-state index < -0.39 is 0 Å². The molecule has 3 rings (SSSR count). The van der Waals surface area contributed by atoms with E-state index in [-0.39, 0.29) is 24.3 Å². The predicted octanol–water partition coefficient (Wildman–Crippen LogP) is 5.71. The molecule has 27 heavy (non-hydrogen) atoms. The maximum Gasteiger partial charge on any atom is 0.309 e.